The largest absolute Gasteiger partial charge is 0.481 e. The molecule has 0 fully saturated rings. The first-order chi connectivity index (χ1) is 8.31. The lowest BCUT2D eigenvalue weighted by molar-refractivity contribution is -0.138. The number of aliphatic carboxylic acids is 1. The van der Waals surface area contributed by atoms with Crippen molar-refractivity contribution in [3.63, 3.8) is 0 Å². The van der Waals surface area contributed by atoms with E-state index in [0.29, 0.717) is 11.3 Å². The molecule has 0 heterocycles. The summed E-state index contributed by atoms with van der Waals surface area (Å²) in [4.78, 5) is 22.0. The molecule has 0 spiro atoms. The van der Waals surface area contributed by atoms with Gasteiger partial charge in [-0.05, 0) is 40.5 Å². The summed E-state index contributed by atoms with van der Waals surface area (Å²) < 4.78 is 13.4. The summed E-state index contributed by atoms with van der Waals surface area (Å²) in [5.74, 6) is -2.23. The van der Waals surface area contributed by atoms with Gasteiger partial charge >= 0.3 is 5.97 Å². The van der Waals surface area contributed by atoms with E-state index in [1.807, 2.05) is 0 Å². The second-order valence-electron chi connectivity index (χ2n) is 3.77. The summed E-state index contributed by atoms with van der Waals surface area (Å²) in [6.45, 7) is 1.62. The number of hydrogen-bond donors (Lipinski definition) is 3. The molecule has 0 radical (unpaired) electrons. The van der Waals surface area contributed by atoms with Gasteiger partial charge in [0.15, 0.2) is 0 Å². The fourth-order valence-corrected chi connectivity index (χ4v) is 1.63. The van der Waals surface area contributed by atoms with Gasteiger partial charge in [0, 0.05) is 5.69 Å². The van der Waals surface area contributed by atoms with E-state index in [-0.39, 0.29) is 4.47 Å². The molecule has 7 heteroatoms. The highest BCUT2D eigenvalue weighted by Crippen LogP contribution is 2.24. The van der Waals surface area contributed by atoms with E-state index in [2.05, 4.69) is 21.2 Å². The zero-order chi connectivity index (χ0) is 13.9. The Morgan fingerprint density at radius 2 is 2.17 bits per heavy atom. The monoisotopic (exact) mass is 318 g/mol. The van der Waals surface area contributed by atoms with E-state index in [1.165, 1.54) is 12.1 Å². The summed E-state index contributed by atoms with van der Waals surface area (Å²) in [5, 5.41) is 11.0. The molecular formula is C11H12BrFN2O3. The van der Waals surface area contributed by atoms with E-state index >= 15 is 0 Å². The number of amides is 1. The standard InChI is InChI=1S/C11H12BrFN2O3/c1-5-2-7(13)6(12)3-9(5)15-11(18)8(14)4-10(16)17/h2-3,8H,4,14H2,1H3,(H,15,18)(H,16,17). The molecule has 18 heavy (non-hydrogen) atoms. The number of carboxylic acid groups (broad SMARTS) is 1. The van der Waals surface area contributed by atoms with Gasteiger partial charge in [-0.3, -0.25) is 9.59 Å². The van der Waals surface area contributed by atoms with E-state index in [9.17, 15) is 14.0 Å². The van der Waals surface area contributed by atoms with Gasteiger partial charge in [0.25, 0.3) is 0 Å². The van der Waals surface area contributed by atoms with E-state index in [4.69, 9.17) is 10.8 Å². The summed E-state index contributed by atoms with van der Waals surface area (Å²) in [7, 11) is 0. The topological polar surface area (TPSA) is 92.4 Å². The van der Waals surface area contributed by atoms with Crippen LogP contribution < -0.4 is 11.1 Å². The Morgan fingerprint density at radius 1 is 1.56 bits per heavy atom. The molecule has 1 atom stereocenters. The number of carbonyl (C=O) groups is 2. The van der Waals surface area contributed by atoms with Gasteiger partial charge in [-0.25, -0.2) is 4.39 Å². The molecule has 1 amide bonds. The molecule has 0 aliphatic heterocycles. The zero-order valence-corrected chi connectivity index (χ0v) is 11.1. The smallest absolute Gasteiger partial charge is 0.305 e. The molecule has 1 unspecified atom stereocenters. The number of halogens is 2. The maximum atomic E-state index is 13.2. The van der Waals surface area contributed by atoms with Crippen LogP contribution in [0.4, 0.5) is 10.1 Å². The first-order valence-electron chi connectivity index (χ1n) is 5.05. The van der Waals surface area contributed by atoms with E-state index < -0.39 is 30.2 Å². The minimum absolute atomic E-state index is 0.204. The Kier molecular flexibility index (Phi) is 4.80. The second-order valence-corrected chi connectivity index (χ2v) is 4.63. The van der Waals surface area contributed by atoms with Crippen LogP contribution in [-0.4, -0.2) is 23.0 Å². The lowest BCUT2D eigenvalue weighted by Crippen LogP contribution is -2.37. The summed E-state index contributed by atoms with van der Waals surface area (Å²) in [6, 6.07) is 1.50. The van der Waals surface area contributed by atoms with Crippen LogP contribution >= 0.6 is 15.9 Å². The Balaban J connectivity index is 2.82. The number of rotatable bonds is 4. The van der Waals surface area contributed by atoms with Crippen molar-refractivity contribution in [1.29, 1.82) is 0 Å². The predicted molar refractivity (Wildman–Crippen MR) is 67.7 cm³/mol. The van der Waals surface area contributed by atoms with Crippen molar-refractivity contribution in [2.75, 3.05) is 5.32 Å². The Bertz CT molecular complexity index is 493. The number of anilines is 1. The van der Waals surface area contributed by atoms with Crippen molar-refractivity contribution < 1.29 is 19.1 Å². The fraction of sp³-hybridized carbons (Fsp3) is 0.273. The molecule has 0 aromatic heterocycles. The number of aryl methyl sites for hydroxylation is 1. The maximum Gasteiger partial charge on any atom is 0.305 e. The third-order valence-corrected chi connectivity index (χ3v) is 2.86. The highest BCUT2D eigenvalue weighted by atomic mass is 79.9. The van der Waals surface area contributed by atoms with E-state index in [0.717, 1.165) is 0 Å². The highest BCUT2D eigenvalue weighted by Gasteiger charge is 2.18. The third-order valence-electron chi connectivity index (χ3n) is 2.26. The molecule has 98 valence electrons. The van der Waals surface area contributed by atoms with Crippen LogP contribution in [0.15, 0.2) is 16.6 Å². The van der Waals surface area contributed by atoms with Gasteiger partial charge in [-0.1, -0.05) is 0 Å². The lowest BCUT2D eigenvalue weighted by atomic mass is 10.1. The van der Waals surface area contributed by atoms with Gasteiger partial charge in [-0.2, -0.15) is 0 Å². The van der Waals surface area contributed by atoms with Gasteiger partial charge < -0.3 is 16.2 Å². The predicted octanol–water partition coefficient (Wildman–Crippen LogP) is 1.64. The molecule has 4 N–H and O–H groups in total. The minimum Gasteiger partial charge on any atom is -0.481 e. The summed E-state index contributed by atoms with van der Waals surface area (Å²) in [6.07, 6.45) is -0.465. The molecule has 0 saturated heterocycles. The Morgan fingerprint density at radius 3 is 2.72 bits per heavy atom. The van der Waals surface area contributed by atoms with Crippen LogP contribution in [0.25, 0.3) is 0 Å². The Hall–Kier alpha value is -1.47. The van der Waals surface area contributed by atoms with Crippen molar-refractivity contribution in [1.82, 2.24) is 0 Å². The van der Waals surface area contributed by atoms with Gasteiger partial charge in [-0.15, -0.1) is 0 Å². The second kappa shape index (κ2) is 5.92. The van der Waals surface area contributed by atoms with Crippen LogP contribution in [0.2, 0.25) is 0 Å². The maximum absolute atomic E-state index is 13.2. The molecule has 5 nitrogen and oxygen atoms in total. The van der Waals surface area contributed by atoms with Crippen molar-refractivity contribution >= 4 is 33.5 Å². The molecule has 1 aromatic rings. The van der Waals surface area contributed by atoms with Crippen LogP contribution in [0, 0.1) is 12.7 Å². The zero-order valence-electron chi connectivity index (χ0n) is 9.54. The average molecular weight is 319 g/mol. The molecule has 0 aliphatic carbocycles. The summed E-state index contributed by atoms with van der Waals surface area (Å²) >= 11 is 3.00. The molecule has 0 bridgehead atoms. The molecule has 0 saturated carbocycles. The SMILES string of the molecule is Cc1cc(F)c(Br)cc1NC(=O)C(N)CC(=O)O. The number of nitrogens with two attached hydrogens (primary N) is 1. The molecule has 0 aliphatic rings. The van der Waals surface area contributed by atoms with Crippen molar-refractivity contribution in [3.05, 3.63) is 28.0 Å². The number of nitrogens with one attached hydrogen (secondary N) is 1. The van der Waals surface area contributed by atoms with Crippen LogP contribution in [0.1, 0.15) is 12.0 Å². The third kappa shape index (κ3) is 3.78. The number of hydrogen-bond acceptors (Lipinski definition) is 3. The Labute approximate surface area is 111 Å². The van der Waals surface area contributed by atoms with Crippen molar-refractivity contribution in [3.8, 4) is 0 Å². The lowest BCUT2D eigenvalue weighted by Gasteiger charge is -2.12. The van der Waals surface area contributed by atoms with Crippen LogP contribution in [-0.2, 0) is 9.59 Å². The van der Waals surface area contributed by atoms with Gasteiger partial charge in [0.1, 0.15) is 5.82 Å². The normalized spacial score (nSPS) is 12.0. The van der Waals surface area contributed by atoms with Gasteiger partial charge in [0.05, 0.1) is 16.9 Å². The van der Waals surface area contributed by atoms with Crippen LogP contribution in [0.3, 0.4) is 0 Å². The minimum atomic E-state index is -1.16. The number of carboxylic acids is 1. The highest BCUT2D eigenvalue weighted by molar-refractivity contribution is 9.10. The van der Waals surface area contributed by atoms with Crippen LogP contribution in [0.5, 0.6) is 0 Å². The average Bonchev–Trinajstić information content (AvgIpc) is 2.24. The molecule has 1 aromatic carbocycles. The molecular weight excluding hydrogens is 307 g/mol. The van der Waals surface area contributed by atoms with Crippen molar-refractivity contribution in [2.45, 2.75) is 19.4 Å². The fourth-order valence-electron chi connectivity index (χ4n) is 1.29. The first kappa shape index (κ1) is 14.6. The van der Waals surface area contributed by atoms with E-state index in [1.54, 1.807) is 6.92 Å². The number of carbonyl (C=O) groups excluding carboxylic acids is 1. The first-order valence-corrected chi connectivity index (χ1v) is 5.84. The molecule has 1 rings (SSSR count). The summed E-state index contributed by atoms with van der Waals surface area (Å²) in [5.41, 5.74) is 6.31. The van der Waals surface area contributed by atoms with Crippen molar-refractivity contribution in [2.24, 2.45) is 5.73 Å². The quantitative estimate of drug-likeness (QED) is 0.786. The van der Waals surface area contributed by atoms with Gasteiger partial charge in [0.2, 0.25) is 5.91 Å². The number of benzene rings is 1.